The number of hydrogen-bond donors (Lipinski definition) is 1. The Kier molecular flexibility index (Phi) is 5.99. The van der Waals surface area contributed by atoms with Crippen molar-refractivity contribution in [2.75, 3.05) is 19.4 Å². The molecule has 0 radical (unpaired) electrons. The van der Waals surface area contributed by atoms with Crippen molar-refractivity contribution >= 4 is 17.7 Å². The predicted octanol–water partition coefficient (Wildman–Crippen LogP) is 2.28. The third kappa shape index (κ3) is 3.74. The summed E-state index contributed by atoms with van der Waals surface area (Å²) in [5.74, 6) is 1.13. The zero-order valence-electron chi connectivity index (χ0n) is 12.7. The second-order valence-corrected chi connectivity index (χ2v) is 6.26. The van der Waals surface area contributed by atoms with Gasteiger partial charge in [0.2, 0.25) is 0 Å². The first-order chi connectivity index (χ1) is 10.2. The molecule has 116 valence electrons. The summed E-state index contributed by atoms with van der Waals surface area (Å²) in [4.78, 5) is 20.7. The van der Waals surface area contributed by atoms with Gasteiger partial charge in [-0.2, -0.15) is 0 Å². The molecule has 1 N–H and O–H groups in total. The lowest BCUT2D eigenvalue weighted by atomic mass is 9.85. The zero-order chi connectivity index (χ0) is 15.1. The number of esters is 1. The summed E-state index contributed by atoms with van der Waals surface area (Å²) in [5, 5.41) is 4.04. The summed E-state index contributed by atoms with van der Waals surface area (Å²) in [6.07, 6.45) is 7.46. The molecule has 5 nitrogen and oxygen atoms in total. The Morgan fingerprint density at radius 1 is 1.52 bits per heavy atom. The highest BCUT2D eigenvalue weighted by Crippen LogP contribution is 2.39. The molecule has 1 aromatic rings. The molecular formula is C15H23N3O2S. The smallest absolute Gasteiger partial charge is 0.326 e. The molecule has 1 saturated carbocycles. The summed E-state index contributed by atoms with van der Waals surface area (Å²) in [6.45, 7) is 2.29. The van der Waals surface area contributed by atoms with E-state index in [1.807, 2.05) is 20.0 Å². The summed E-state index contributed by atoms with van der Waals surface area (Å²) in [7, 11) is 1.86. The monoisotopic (exact) mass is 309 g/mol. The molecule has 0 aliphatic heterocycles. The lowest BCUT2D eigenvalue weighted by molar-refractivity contribution is -0.152. The summed E-state index contributed by atoms with van der Waals surface area (Å²) >= 11 is 1.64. The SMILES string of the molecule is CCOC(=O)C1(NC)CCCC1CCSc1ncccn1. The minimum absolute atomic E-state index is 0.101. The number of rotatable bonds is 7. The molecule has 21 heavy (non-hydrogen) atoms. The van der Waals surface area contributed by atoms with Crippen molar-refractivity contribution in [3.8, 4) is 0 Å². The highest BCUT2D eigenvalue weighted by Gasteiger charge is 2.48. The van der Waals surface area contributed by atoms with Gasteiger partial charge in [0.1, 0.15) is 5.54 Å². The fourth-order valence-electron chi connectivity index (χ4n) is 3.08. The van der Waals surface area contributed by atoms with E-state index in [2.05, 4.69) is 15.3 Å². The first-order valence-electron chi connectivity index (χ1n) is 7.49. The van der Waals surface area contributed by atoms with Crippen LogP contribution in [0.25, 0.3) is 0 Å². The van der Waals surface area contributed by atoms with Gasteiger partial charge in [0.05, 0.1) is 6.61 Å². The Morgan fingerprint density at radius 2 is 2.29 bits per heavy atom. The molecule has 0 bridgehead atoms. The number of thioether (sulfide) groups is 1. The van der Waals surface area contributed by atoms with Crippen molar-refractivity contribution in [2.24, 2.45) is 5.92 Å². The van der Waals surface area contributed by atoms with Gasteiger partial charge >= 0.3 is 5.97 Å². The summed E-state index contributed by atoms with van der Waals surface area (Å²) in [6, 6.07) is 1.81. The molecule has 6 heteroatoms. The number of nitrogens with one attached hydrogen (secondary N) is 1. The highest BCUT2D eigenvalue weighted by atomic mass is 32.2. The third-order valence-electron chi connectivity index (χ3n) is 4.15. The minimum Gasteiger partial charge on any atom is -0.465 e. The van der Waals surface area contributed by atoms with Gasteiger partial charge in [0.15, 0.2) is 5.16 Å². The van der Waals surface area contributed by atoms with E-state index in [1.54, 1.807) is 24.2 Å². The van der Waals surface area contributed by atoms with E-state index in [4.69, 9.17) is 4.74 Å². The number of carbonyl (C=O) groups excluding carboxylic acids is 1. The zero-order valence-corrected chi connectivity index (χ0v) is 13.5. The molecule has 1 aromatic heterocycles. The fraction of sp³-hybridized carbons (Fsp3) is 0.667. The van der Waals surface area contributed by atoms with Crippen molar-refractivity contribution < 1.29 is 9.53 Å². The second-order valence-electron chi connectivity index (χ2n) is 5.20. The van der Waals surface area contributed by atoms with Crippen LogP contribution in [0.1, 0.15) is 32.6 Å². The first kappa shape index (κ1) is 16.2. The van der Waals surface area contributed by atoms with Crippen molar-refractivity contribution in [2.45, 2.75) is 43.3 Å². The Bertz CT molecular complexity index is 457. The molecule has 1 aliphatic rings. The summed E-state index contributed by atoms with van der Waals surface area (Å²) < 4.78 is 5.28. The van der Waals surface area contributed by atoms with Gasteiger partial charge in [-0.05, 0) is 45.2 Å². The van der Waals surface area contributed by atoms with E-state index in [0.29, 0.717) is 12.5 Å². The van der Waals surface area contributed by atoms with Crippen LogP contribution in [0.15, 0.2) is 23.6 Å². The van der Waals surface area contributed by atoms with Crippen LogP contribution in [0.2, 0.25) is 0 Å². The molecule has 2 atom stereocenters. The molecule has 1 fully saturated rings. The largest absolute Gasteiger partial charge is 0.465 e. The van der Waals surface area contributed by atoms with Gasteiger partial charge in [-0.15, -0.1) is 0 Å². The predicted molar refractivity (Wildman–Crippen MR) is 83.1 cm³/mol. The van der Waals surface area contributed by atoms with Gasteiger partial charge in [0, 0.05) is 18.1 Å². The van der Waals surface area contributed by atoms with Gasteiger partial charge in [-0.1, -0.05) is 18.2 Å². The van der Waals surface area contributed by atoms with E-state index in [1.165, 1.54) is 0 Å². The highest BCUT2D eigenvalue weighted by molar-refractivity contribution is 7.99. The van der Waals surface area contributed by atoms with Gasteiger partial charge in [-0.25, -0.2) is 9.97 Å². The van der Waals surface area contributed by atoms with Gasteiger partial charge < -0.3 is 10.1 Å². The van der Waals surface area contributed by atoms with E-state index in [9.17, 15) is 4.79 Å². The van der Waals surface area contributed by atoms with Crippen molar-refractivity contribution in [3.63, 3.8) is 0 Å². The Balaban J connectivity index is 1.93. The second kappa shape index (κ2) is 7.75. The van der Waals surface area contributed by atoms with Crippen LogP contribution >= 0.6 is 11.8 Å². The maximum atomic E-state index is 12.3. The summed E-state index contributed by atoms with van der Waals surface area (Å²) in [5.41, 5.74) is -0.506. The van der Waals surface area contributed by atoms with Gasteiger partial charge in [0.25, 0.3) is 0 Å². The van der Waals surface area contributed by atoms with Crippen LogP contribution in [0, 0.1) is 5.92 Å². The molecule has 1 heterocycles. The Labute approximate surface area is 130 Å². The molecule has 2 rings (SSSR count). The quantitative estimate of drug-likeness (QED) is 0.473. The lowest BCUT2D eigenvalue weighted by Gasteiger charge is -2.32. The molecule has 2 unspecified atom stereocenters. The lowest BCUT2D eigenvalue weighted by Crippen LogP contribution is -2.54. The average Bonchev–Trinajstić information content (AvgIpc) is 2.93. The average molecular weight is 309 g/mol. The topological polar surface area (TPSA) is 64.1 Å². The fourth-order valence-corrected chi connectivity index (χ4v) is 3.94. The molecule has 0 saturated heterocycles. The van der Waals surface area contributed by atoms with Crippen LogP contribution in [0.5, 0.6) is 0 Å². The number of likely N-dealkylation sites (N-methyl/N-ethyl adjacent to an activating group) is 1. The third-order valence-corrected chi connectivity index (χ3v) is 5.05. The molecule has 1 aliphatic carbocycles. The molecule has 0 aromatic carbocycles. The normalized spacial score (nSPS) is 25.0. The van der Waals surface area contributed by atoms with Crippen LogP contribution in [-0.4, -0.2) is 40.9 Å². The maximum absolute atomic E-state index is 12.3. The van der Waals surface area contributed by atoms with E-state index in [0.717, 1.165) is 36.6 Å². The maximum Gasteiger partial charge on any atom is 0.326 e. The Morgan fingerprint density at radius 3 is 2.95 bits per heavy atom. The van der Waals surface area contributed by atoms with Crippen molar-refractivity contribution in [1.82, 2.24) is 15.3 Å². The Hall–Kier alpha value is -1.14. The van der Waals surface area contributed by atoms with Gasteiger partial charge in [-0.3, -0.25) is 4.79 Å². The van der Waals surface area contributed by atoms with E-state index >= 15 is 0 Å². The minimum atomic E-state index is -0.506. The molecular weight excluding hydrogens is 286 g/mol. The van der Waals surface area contributed by atoms with Crippen LogP contribution in [0.3, 0.4) is 0 Å². The van der Waals surface area contributed by atoms with Crippen LogP contribution in [-0.2, 0) is 9.53 Å². The number of nitrogens with zero attached hydrogens (tertiary/aromatic N) is 2. The number of ether oxygens (including phenoxy) is 1. The van der Waals surface area contributed by atoms with Crippen LogP contribution < -0.4 is 5.32 Å². The number of carbonyl (C=O) groups is 1. The van der Waals surface area contributed by atoms with E-state index in [-0.39, 0.29) is 5.97 Å². The first-order valence-corrected chi connectivity index (χ1v) is 8.47. The van der Waals surface area contributed by atoms with Crippen molar-refractivity contribution in [1.29, 1.82) is 0 Å². The van der Waals surface area contributed by atoms with Crippen molar-refractivity contribution in [3.05, 3.63) is 18.5 Å². The van der Waals surface area contributed by atoms with Crippen LogP contribution in [0.4, 0.5) is 0 Å². The molecule has 0 amide bonds. The standard InChI is InChI=1S/C15H23N3O2S/c1-3-20-13(19)15(16-2)8-4-6-12(15)7-11-21-14-17-9-5-10-18-14/h5,9-10,12,16H,3-4,6-8,11H2,1-2H3. The number of hydrogen-bond acceptors (Lipinski definition) is 6. The number of aromatic nitrogens is 2. The molecule has 0 spiro atoms. The van der Waals surface area contributed by atoms with E-state index < -0.39 is 5.54 Å².